The molecule has 0 saturated carbocycles. The first kappa shape index (κ1) is 19.2. The molecule has 0 aliphatic heterocycles. The SMILES string of the molecule is Cn1ncc(C(=O)Nc2ccc(Cl)cn2)c1CC(=O)c1ccc(C(=N)N)cc1. The van der Waals surface area contributed by atoms with Crippen LogP contribution in [0.25, 0.3) is 0 Å². The van der Waals surface area contributed by atoms with Gasteiger partial charge in [0.05, 0.1) is 28.9 Å². The lowest BCUT2D eigenvalue weighted by Gasteiger charge is -2.07. The summed E-state index contributed by atoms with van der Waals surface area (Å²) in [6, 6.07) is 9.62. The van der Waals surface area contributed by atoms with Gasteiger partial charge in [-0.1, -0.05) is 35.9 Å². The third-order valence-electron chi connectivity index (χ3n) is 4.12. The number of hydrogen-bond donors (Lipinski definition) is 3. The van der Waals surface area contributed by atoms with Gasteiger partial charge in [-0.05, 0) is 12.1 Å². The minimum atomic E-state index is -0.419. The van der Waals surface area contributed by atoms with Crippen LogP contribution in [0.4, 0.5) is 5.82 Å². The summed E-state index contributed by atoms with van der Waals surface area (Å²) in [4.78, 5) is 29.2. The van der Waals surface area contributed by atoms with Crippen LogP contribution in [0.2, 0.25) is 5.02 Å². The van der Waals surface area contributed by atoms with Crippen LogP contribution in [0, 0.1) is 5.41 Å². The van der Waals surface area contributed by atoms with E-state index in [4.69, 9.17) is 22.7 Å². The Bertz CT molecular complexity index is 1040. The molecule has 1 aromatic carbocycles. The number of aromatic nitrogens is 3. The van der Waals surface area contributed by atoms with E-state index in [1.54, 1.807) is 43.4 Å². The van der Waals surface area contributed by atoms with Crippen molar-refractivity contribution in [1.82, 2.24) is 14.8 Å². The number of nitrogens with one attached hydrogen (secondary N) is 2. The second kappa shape index (κ2) is 8.01. The number of carbonyl (C=O) groups excluding carboxylic acids is 2. The lowest BCUT2D eigenvalue weighted by atomic mass is 10.0. The van der Waals surface area contributed by atoms with Gasteiger partial charge in [-0.2, -0.15) is 5.10 Å². The monoisotopic (exact) mass is 396 g/mol. The number of pyridine rings is 1. The number of amidine groups is 1. The largest absolute Gasteiger partial charge is 0.384 e. The standard InChI is InChI=1S/C19H17ClN6O2/c1-26-15(8-16(27)11-2-4-12(5-3-11)18(21)22)14(10-24-26)19(28)25-17-7-6-13(20)9-23-17/h2-7,9-10H,8H2,1H3,(H3,21,22)(H,23,25,28). The minimum absolute atomic E-state index is 0.00722. The first-order valence-corrected chi connectivity index (χ1v) is 8.64. The van der Waals surface area contributed by atoms with E-state index >= 15 is 0 Å². The van der Waals surface area contributed by atoms with Crippen LogP contribution >= 0.6 is 11.6 Å². The molecule has 0 atom stereocenters. The van der Waals surface area contributed by atoms with E-state index in [0.717, 1.165) is 0 Å². The molecular weight excluding hydrogens is 380 g/mol. The van der Waals surface area contributed by atoms with Gasteiger partial charge in [0.25, 0.3) is 5.91 Å². The Balaban J connectivity index is 1.78. The maximum atomic E-state index is 12.6. The quantitative estimate of drug-likeness (QED) is 0.335. The van der Waals surface area contributed by atoms with Gasteiger partial charge in [-0.25, -0.2) is 4.98 Å². The maximum Gasteiger partial charge on any atom is 0.260 e. The third-order valence-corrected chi connectivity index (χ3v) is 4.34. The maximum absolute atomic E-state index is 12.6. The van der Waals surface area contributed by atoms with E-state index in [1.807, 2.05) is 0 Å². The molecule has 4 N–H and O–H groups in total. The summed E-state index contributed by atoms with van der Waals surface area (Å²) < 4.78 is 1.49. The third kappa shape index (κ3) is 4.24. The summed E-state index contributed by atoms with van der Waals surface area (Å²) >= 11 is 5.79. The minimum Gasteiger partial charge on any atom is -0.384 e. The van der Waals surface area contributed by atoms with Gasteiger partial charge < -0.3 is 11.1 Å². The van der Waals surface area contributed by atoms with Crippen molar-refractivity contribution in [2.45, 2.75) is 6.42 Å². The molecule has 2 aromatic heterocycles. The Morgan fingerprint density at radius 1 is 1.14 bits per heavy atom. The van der Waals surface area contributed by atoms with Crippen molar-refractivity contribution in [1.29, 1.82) is 5.41 Å². The molecule has 3 rings (SSSR count). The number of aryl methyl sites for hydroxylation is 1. The van der Waals surface area contributed by atoms with Crippen LogP contribution in [0.5, 0.6) is 0 Å². The highest BCUT2D eigenvalue weighted by molar-refractivity contribution is 6.30. The Morgan fingerprint density at radius 3 is 2.43 bits per heavy atom. The van der Waals surface area contributed by atoms with Crippen LogP contribution in [0.15, 0.2) is 48.8 Å². The molecule has 142 valence electrons. The zero-order valence-corrected chi connectivity index (χ0v) is 15.7. The van der Waals surface area contributed by atoms with Gasteiger partial charge in [0, 0.05) is 24.4 Å². The summed E-state index contributed by atoms with van der Waals surface area (Å²) in [6.45, 7) is 0. The molecule has 0 fully saturated rings. The molecule has 0 aliphatic carbocycles. The number of anilines is 1. The number of amides is 1. The number of Topliss-reactive ketones (excluding diaryl/α,β-unsaturated/α-hetero) is 1. The number of nitrogens with zero attached hydrogens (tertiary/aromatic N) is 3. The number of benzene rings is 1. The molecule has 2 heterocycles. The van der Waals surface area contributed by atoms with E-state index < -0.39 is 5.91 Å². The molecular formula is C19H17ClN6O2. The van der Waals surface area contributed by atoms with E-state index in [2.05, 4.69) is 15.4 Å². The van der Waals surface area contributed by atoms with Crippen molar-refractivity contribution in [3.8, 4) is 0 Å². The molecule has 0 saturated heterocycles. The Kier molecular flexibility index (Phi) is 5.51. The van der Waals surface area contributed by atoms with Crippen LogP contribution in [0.3, 0.4) is 0 Å². The van der Waals surface area contributed by atoms with Crippen LogP contribution in [-0.4, -0.2) is 32.3 Å². The number of carbonyl (C=O) groups is 2. The van der Waals surface area contributed by atoms with Gasteiger partial charge in [0.15, 0.2) is 5.78 Å². The van der Waals surface area contributed by atoms with Crippen LogP contribution < -0.4 is 11.1 Å². The molecule has 3 aromatic rings. The predicted octanol–water partition coefficient (Wildman–Crippen LogP) is 2.43. The highest BCUT2D eigenvalue weighted by Crippen LogP contribution is 2.16. The normalized spacial score (nSPS) is 10.5. The lowest BCUT2D eigenvalue weighted by Crippen LogP contribution is -2.17. The van der Waals surface area contributed by atoms with E-state index in [-0.39, 0.29) is 23.6 Å². The first-order valence-electron chi connectivity index (χ1n) is 8.26. The first-order chi connectivity index (χ1) is 13.3. The molecule has 0 bridgehead atoms. The topological polar surface area (TPSA) is 127 Å². The van der Waals surface area contributed by atoms with Crippen molar-refractivity contribution >= 4 is 34.9 Å². The Hall–Kier alpha value is -3.52. The van der Waals surface area contributed by atoms with Gasteiger partial charge in [0.1, 0.15) is 11.7 Å². The summed E-state index contributed by atoms with van der Waals surface area (Å²) in [6.07, 6.45) is 2.83. The fourth-order valence-electron chi connectivity index (χ4n) is 2.59. The molecule has 0 unspecified atom stereocenters. The average Bonchev–Trinajstić information content (AvgIpc) is 3.04. The van der Waals surface area contributed by atoms with Crippen molar-refractivity contribution < 1.29 is 9.59 Å². The van der Waals surface area contributed by atoms with Crippen LogP contribution in [0.1, 0.15) is 32.0 Å². The summed E-state index contributed by atoms with van der Waals surface area (Å²) in [5.41, 5.74) is 7.18. The Labute approximate surface area is 165 Å². The molecule has 0 aliphatic rings. The average molecular weight is 397 g/mol. The molecule has 0 radical (unpaired) electrons. The van der Waals surface area contributed by atoms with Crippen molar-refractivity contribution in [2.75, 3.05) is 5.32 Å². The highest BCUT2D eigenvalue weighted by atomic mass is 35.5. The number of nitrogen functional groups attached to an aromatic ring is 1. The summed E-state index contributed by atoms with van der Waals surface area (Å²) in [5.74, 6) is -0.328. The number of hydrogen-bond acceptors (Lipinski definition) is 5. The molecule has 0 spiro atoms. The number of ketones is 1. The predicted molar refractivity (Wildman–Crippen MR) is 106 cm³/mol. The van der Waals surface area contributed by atoms with Gasteiger partial charge in [-0.15, -0.1) is 0 Å². The van der Waals surface area contributed by atoms with Crippen LogP contribution in [-0.2, 0) is 13.5 Å². The number of halogens is 1. The van der Waals surface area contributed by atoms with Crippen molar-refractivity contribution in [3.63, 3.8) is 0 Å². The molecule has 8 nitrogen and oxygen atoms in total. The van der Waals surface area contributed by atoms with Gasteiger partial charge >= 0.3 is 0 Å². The lowest BCUT2D eigenvalue weighted by molar-refractivity contribution is 0.0990. The fourth-order valence-corrected chi connectivity index (χ4v) is 2.70. The molecule has 28 heavy (non-hydrogen) atoms. The molecule has 1 amide bonds. The second-order valence-corrected chi connectivity index (χ2v) is 6.47. The van der Waals surface area contributed by atoms with Crippen molar-refractivity contribution in [3.05, 3.63) is 76.2 Å². The second-order valence-electron chi connectivity index (χ2n) is 6.04. The number of rotatable bonds is 6. The molecule has 9 heteroatoms. The van der Waals surface area contributed by atoms with Crippen molar-refractivity contribution in [2.24, 2.45) is 12.8 Å². The van der Waals surface area contributed by atoms with E-state index in [0.29, 0.717) is 27.7 Å². The smallest absolute Gasteiger partial charge is 0.260 e. The van der Waals surface area contributed by atoms with Gasteiger partial charge in [0.2, 0.25) is 0 Å². The summed E-state index contributed by atoms with van der Waals surface area (Å²) in [7, 11) is 1.67. The van der Waals surface area contributed by atoms with Gasteiger partial charge in [-0.3, -0.25) is 19.7 Å². The summed E-state index contributed by atoms with van der Waals surface area (Å²) in [5, 5.41) is 14.6. The number of nitrogens with two attached hydrogens (primary N) is 1. The zero-order chi connectivity index (χ0) is 20.3. The fraction of sp³-hybridized carbons (Fsp3) is 0.105. The van der Waals surface area contributed by atoms with E-state index in [9.17, 15) is 9.59 Å². The van der Waals surface area contributed by atoms with E-state index in [1.165, 1.54) is 17.1 Å². The highest BCUT2D eigenvalue weighted by Gasteiger charge is 2.20. The Morgan fingerprint density at radius 2 is 1.82 bits per heavy atom. The zero-order valence-electron chi connectivity index (χ0n) is 14.9.